The minimum absolute atomic E-state index is 0.0799. The Morgan fingerprint density at radius 3 is 2.74 bits per heavy atom. The molecule has 0 saturated carbocycles. The molecule has 0 bridgehead atoms. The third-order valence-electron chi connectivity index (χ3n) is 3.95. The number of hydrogen-bond acceptors (Lipinski definition) is 8. The SMILES string of the molecule is COC(=O)C1=C(Nc2ccc(-c3noc(CCl)n3)cc2)C(=O)N(CCO)C1. The van der Waals surface area contributed by atoms with Crippen molar-refractivity contribution in [3.8, 4) is 11.4 Å². The second kappa shape index (κ2) is 8.19. The van der Waals surface area contributed by atoms with Gasteiger partial charge in [-0.2, -0.15) is 4.98 Å². The van der Waals surface area contributed by atoms with Gasteiger partial charge in [0.05, 0.1) is 25.8 Å². The van der Waals surface area contributed by atoms with E-state index in [1.165, 1.54) is 12.0 Å². The van der Waals surface area contributed by atoms with Crippen molar-refractivity contribution < 1.29 is 24.0 Å². The minimum Gasteiger partial charge on any atom is -0.466 e. The lowest BCUT2D eigenvalue weighted by atomic mass is 10.2. The highest BCUT2D eigenvalue weighted by Gasteiger charge is 2.34. The fraction of sp³-hybridized carbons (Fsp3) is 0.294. The molecular formula is C17H17ClN4O5. The van der Waals surface area contributed by atoms with Crippen molar-refractivity contribution in [2.45, 2.75) is 5.88 Å². The number of benzene rings is 1. The van der Waals surface area contributed by atoms with Gasteiger partial charge in [0.25, 0.3) is 5.91 Å². The van der Waals surface area contributed by atoms with Gasteiger partial charge in [-0.25, -0.2) is 4.79 Å². The van der Waals surface area contributed by atoms with E-state index in [2.05, 4.69) is 15.5 Å². The van der Waals surface area contributed by atoms with Crippen LogP contribution in [0.4, 0.5) is 5.69 Å². The molecule has 0 fully saturated rings. The van der Waals surface area contributed by atoms with E-state index in [9.17, 15) is 9.59 Å². The molecule has 1 aliphatic rings. The molecule has 1 aromatic carbocycles. The summed E-state index contributed by atoms with van der Waals surface area (Å²) in [5, 5.41) is 15.9. The van der Waals surface area contributed by atoms with Gasteiger partial charge in [-0.05, 0) is 24.3 Å². The van der Waals surface area contributed by atoms with Gasteiger partial charge in [-0.15, -0.1) is 11.6 Å². The standard InChI is InChI=1S/C17H17ClN4O5/c1-26-17(25)12-9-22(6-7-23)16(24)14(12)19-11-4-2-10(3-5-11)15-20-13(8-18)27-21-15/h2-5,19,23H,6-9H2,1H3. The van der Waals surface area contributed by atoms with Crippen LogP contribution in [0.2, 0.25) is 0 Å². The van der Waals surface area contributed by atoms with Crippen LogP contribution in [0.25, 0.3) is 11.4 Å². The number of amides is 1. The number of aliphatic hydroxyl groups excluding tert-OH is 1. The zero-order valence-corrected chi connectivity index (χ0v) is 15.2. The molecule has 27 heavy (non-hydrogen) atoms. The number of aliphatic hydroxyl groups is 1. The number of carbonyl (C=O) groups is 2. The summed E-state index contributed by atoms with van der Waals surface area (Å²) in [7, 11) is 1.25. The number of nitrogens with zero attached hydrogens (tertiary/aromatic N) is 3. The Kier molecular flexibility index (Phi) is 5.72. The van der Waals surface area contributed by atoms with Crippen LogP contribution in [-0.2, 0) is 20.2 Å². The first-order valence-electron chi connectivity index (χ1n) is 8.05. The van der Waals surface area contributed by atoms with Crippen LogP contribution in [0.3, 0.4) is 0 Å². The van der Waals surface area contributed by atoms with E-state index >= 15 is 0 Å². The Bertz CT molecular complexity index is 878. The normalized spacial score (nSPS) is 14.0. The average Bonchev–Trinajstić information content (AvgIpc) is 3.29. The Morgan fingerprint density at radius 1 is 1.41 bits per heavy atom. The van der Waals surface area contributed by atoms with Crippen molar-refractivity contribution in [1.82, 2.24) is 15.0 Å². The molecule has 1 amide bonds. The van der Waals surface area contributed by atoms with Gasteiger partial charge >= 0.3 is 5.97 Å². The number of methoxy groups -OCH3 is 1. The van der Waals surface area contributed by atoms with E-state index < -0.39 is 5.97 Å². The van der Waals surface area contributed by atoms with Crippen molar-refractivity contribution in [2.75, 3.05) is 32.1 Å². The number of carbonyl (C=O) groups excluding carboxylic acids is 2. The Balaban J connectivity index is 1.81. The molecule has 0 atom stereocenters. The Hall–Kier alpha value is -2.91. The maximum atomic E-state index is 12.5. The number of anilines is 1. The van der Waals surface area contributed by atoms with E-state index in [0.717, 1.165) is 0 Å². The molecule has 1 aromatic heterocycles. The highest BCUT2D eigenvalue weighted by atomic mass is 35.5. The molecule has 2 N–H and O–H groups in total. The summed E-state index contributed by atoms with van der Waals surface area (Å²) in [5.74, 6) is -0.120. The van der Waals surface area contributed by atoms with Crippen molar-refractivity contribution in [3.63, 3.8) is 0 Å². The quantitative estimate of drug-likeness (QED) is 0.532. The number of β-amino-alcohol motifs (C(OH)–C–C–N with tert-alkyl or cyclic N) is 1. The van der Waals surface area contributed by atoms with Crippen molar-refractivity contribution in [1.29, 1.82) is 0 Å². The topological polar surface area (TPSA) is 118 Å². The van der Waals surface area contributed by atoms with E-state index in [-0.39, 0.29) is 42.8 Å². The number of esters is 1. The second-order valence-corrected chi connectivity index (χ2v) is 5.91. The van der Waals surface area contributed by atoms with E-state index in [1.54, 1.807) is 24.3 Å². The lowest BCUT2D eigenvalue weighted by Crippen LogP contribution is -2.31. The summed E-state index contributed by atoms with van der Waals surface area (Å²) in [6, 6.07) is 6.93. The molecule has 3 rings (SSSR count). The van der Waals surface area contributed by atoms with E-state index in [1.807, 2.05) is 0 Å². The fourth-order valence-electron chi connectivity index (χ4n) is 2.62. The first kappa shape index (κ1) is 18.9. The van der Waals surface area contributed by atoms with Crippen molar-refractivity contribution in [3.05, 3.63) is 41.4 Å². The molecule has 9 nitrogen and oxygen atoms in total. The molecule has 0 aliphatic carbocycles. The molecular weight excluding hydrogens is 376 g/mol. The summed E-state index contributed by atoms with van der Waals surface area (Å²) < 4.78 is 9.72. The summed E-state index contributed by atoms with van der Waals surface area (Å²) in [4.78, 5) is 30.0. The highest BCUT2D eigenvalue weighted by Crippen LogP contribution is 2.24. The first-order chi connectivity index (χ1) is 13.1. The van der Waals surface area contributed by atoms with Crippen molar-refractivity contribution in [2.24, 2.45) is 0 Å². The van der Waals surface area contributed by atoms with Crippen LogP contribution in [0.5, 0.6) is 0 Å². The third-order valence-corrected chi connectivity index (χ3v) is 4.18. The van der Waals surface area contributed by atoms with Gasteiger partial charge in [0.1, 0.15) is 11.6 Å². The van der Waals surface area contributed by atoms with Crippen LogP contribution >= 0.6 is 11.6 Å². The fourth-order valence-corrected chi connectivity index (χ4v) is 2.73. The lowest BCUT2D eigenvalue weighted by Gasteiger charge is -2.15. The molecule has 142 valence electrons. The zero-order valence-electron chi connectivity index (χ0n) is 14.4. The molecule has 2 heterocycles. The number of alkyl halides is 1. The molecule has 1 aliphatic heterocycles. The Labute approximate surface area is 159 Å². The smallest absolute Gasteiger partial charge is 0.337 e. The zero-order chi connectivity index (χ0) is 19.4. The van der Waals surface area contributed by atoms with Crippen LogP contribution in [0.1, 0.15) is 5.89 Å². The highest BCUT2D eigenvalue weighted by molar-refractivity contribution is 6.16. The number of nitrogens with one attached hydrogen (secondary N) is 1. The third kappa shape index (κ3) is 3.93. The summed E-state index contributed by atoms with van der Waals surface area (Å²) in [5.41, 5.74) is 1.65. The molecule has 0 saturated heterocycles. The van der Waals surface area contributed by atoms with Gasteiger partial charge < -0.3 is 24.6 Å². The van der Waals surface area contributed by atoms with Crippen LogP contribution in [-0.4, -0.2) is 58.8 Å². The monoisotopic (exact) mass is 392 g/mol. The van der Waals surface area contributed by atoms with Gasteiger partial charge in [0, 0.05) is 17.8 Å². The largest absolute Gasteiger partial charge is 0.466 e. The number of ether oxygens (including phenoxy) is 1. The van der Waals surface area contributed by atoms with Gasteiger partial charge in [-0.3, -0.25) is 4.79 Å². The minimum atomic E-state index is -0.594. The second-order valence-electron chi connectivity index (χ2n) is 5.64. The van der Waals surface area contributed by atoms with E-state index in [0.29, 0.717) is 23.0 Å². The maximum Gasteiger partial charge on any atom is 0.337 e. The van der Waals surface area contributed by atoms with Gasteiger partial charge in [0.15, 0.2) is 0 Å². The number of halogens is 1. The number of hydrogen-bond donors (Lipinski definition) is 2. The van der Waals surface area contributed by atoms with E-state index in [4.69, 9.17) is 26.0 Å². The van der Waals surface area contributed by atoms with Crippen LogP contribution in [0, 0.1) is 0 Å². The predicted octanol–water partition coefficient (Wildman–Crippen LogP) is 1.15. The maximum absolute atomic E-state index is 12.5. The molecule has 0 spiro atoms. The molecule has 0 radical (unpaired) electrons. The summed E-state index contributed by atoms with van der Waals surface area (Å²) >= 11 is 5.65. The lowest BCUT2D eigenvalue weighted by molar-refractivity contribution is -0.136. The van der Waals surface area contributed by atoms with Crippen LogP contribution in [0.15, 0.2) is 40.1 Å². The summed E-state index contributed by atoms with van der Waals surface area (Å²) in [6.45, 7) is 0.0118. The Morgan fingerprint density at radius 2 is 2.15 bits per heavy atom. The number of rotatable bonds is 7. The van der Waals surface area contributed by atoms with Gasteiger partial charge in [0.2, 0.25) is 11.7 Å². The average molecular weight is 393 g/mol. The predicted molar refractivity (Wildman–Crippen MR) is 95.6 cm³/mol. The molecule has 10 heteroatoms. The van der Waals surface area contributed by atoms with Gasteiger partial charge in [-0.1, -0.05) is 5.16 Å². The van der Waals surface area contributed by atoms with Crippen molar-refractivity contribution >= 4 is 29.2 Å². The molecule has 0 unspecified atom stereocenters. The first-order valence-corrected chi connectivity index (χ1v) is 8.58. The molecule has 2 aromatic rings. The number of aromatic nitrogens is 2. The van der Waals surface area contributed by atoms with Crippen LogP contribution < -0.4 is 5.32 Å². The summed E-state index contributed by atoms with van der Waals surface area (Å²) in [6.07, 6.45) is 0.